The van der Waals surface area contributed by atoms with E-state index in [-0.39, 0.29) is 0 Å². The van der Waals surface area contributed by atoms with Gasteiger partial charge in [-0.15, -0.1) is 16.4 Å². The van der Waals surface area contributed by atoms with Gasteiger partial charge >= 0.3 is 0 Å². The molecule has 0 fully saturated rings. The van der Waals surface area contributed by atoms with Crippen molar-refractivity contribution in [3.05, 3.63) is 64.1 Å². The number of primary amides is 1. The number of aromatic nitrogens is 3. The average Bonchev–Trinajstić information content (AvgIpc) is 3.18. The van der Waals surface area contributed by atoms with Gasteiger partial charge in [0.05, 0.1) is 0 Å². The third kappa shape index (κ3) is 3.55. The number of hydrogen-bond donors (Lipinski definition) is 2. The minimum absolute atomic E-state index is 0.402. The van der Waals surface area contributed by atoms with Crippen LogP contribution in [-0.2, 0) is 11.2 Å². The molecule has 0 radical (unpaired) electrons. The van der Waals surface area contributed by atoms with Gasteiger partial charge in [0, 0.05) is 11.3 Å². The summed E-state index contributed by atoms with van der Waals surface area (Å²) in [5.41, 5.74) is 6.36. The molecule has 5 nitrogen and oxygen atoms in total. The van der Waals surface area contributed by atoms with E-state index in [0.29, 0.717) is 11.6 Å². The lowest BCUT2D eigenvalue weighted by molar-refractivity contribution is -0.117. The van der Waals surface area contributed by atoms with Crippen molar-refractivity contribution < 1.29 is 4.79 Å². The molecule has 0 aliphatic rings. The van der Waals surface area contributed by atoms with Crippen LogP contribution in [0.1, 0.15) is 21.5 Å². The molecule has 0 spiro atoms. The number of H-pyrrole nitrogens is 1. The summed E-state index contributed by atoms with van der Waals surface area (Å²) in [6.45, 7) is 0. The SMILES string of the molecule is NC(=O)C(Sc1n[nH]c(Cc2cccs2)n1)c1ccccc1. The van der Waals surface area contributed by atoms with E-state index in [0.717, 1.165) is 11.4 Å². The molecule has 2 heterocycles. The molecule has 1 aromatic carbocycles. The molecule has 2 aromatic heterocycles. The average molecular weight is 330 g/mol. The van der Waals surface area contributed by atoms with Crippen LogP contribution in [-0.4, -0.2) is 21.1 Å². The number of thiophene rings is 1. The van der Waals surface area contributed by atoms with Gasteiger partial charge in [0.2, 0.25) is 11.1 Å². The summed E-state index contributed by atoms with van der Waals surface area (Å²) >= 11 is 2.93. The third-order valence-electron chi connectivity index (χ3n) is 3.02. The highest BCUT2D eigenvalue weighted by Crippen LogP contribution is 2.32. The van der Waals surface area contributed by atoms with Gasteiger partial charge in [-0.2, -0.15) is 0 Å². The normalized spacial score (nSPS) is 12.2. The molecule has 112 valence electrons. The number of nitrogens with one attached hydrogen (secondary N) is 1. The molecule has 0 bridgehead atoms. The maximum atomic E-state index is 11.7. The Kier molecular flexibility index (Phi) is 4.55. The van der Waals surface area contributed by atoms with Crippen molar-refractivity contribution in [1.29, 1.82) is 0 Å². The molecule has 0 aliphatic heterocycles. The van der Waals surface area contributed by atoms with Crippen LogP contribution in [0.25, 0.3) is 0 Å². The highest BCUT2D eigenvalue weighted by atomic mass is 32.2. The van der Waals surface area contributed by atoms with Crippen LogP contribution in [0.5, 0.6) is 0 Å². The first kappa shape index (κ1) is 14.8. The Morgan fingerprint density at radius 3 is 2.77 bits per heavy atom. The van der Waals surface area contributed by atoms with E-state index >= 15 is 0 Å². The summed E-state index contributed by atoms with van der Waals surface area (Å²) in [5, 5.41) is 9.14. The Morgan fingerprint density at radius 1 is 1.27 bits per heavy atom. The van der Waals surface area contributed by atoms with Gasteiger partial charge in [-0.1, -0.05) is 48.2 Å². The topological polar surface area (TPSA) is 84.7 Å². The minimum Gasteiger partial charge on any atom is -0.368 e. The summed E-state index contributed by atoms with van der Waals surface area (Å²) in [6.07, 6.45) is 0.706. The molecule has 7 heteroatoms. The van der Waals surface area contributed by atoms with Crippen molar-refractivity contribution in [3.8, 4) is 0 Å². The third-order valence-corrected chi connectivity index (χ3v) is 5.03. The fourth-order valence-corrected chi connectivity index (χ4v) is 3.60. The van der Waals surface area contributed by atoms with Gasteiger partial charge < -0.3 is 5.73 Å². The van der Waals surface area contributed by atoms with Gasteiger partial charge in [-0.3, -0.25) is 9.89 Å². The first-order valence-corrected chi connectivity index (χ1v) is 8.43. The van der Waals surface area contributed by atoms with E-state index in [2.05, 4.69) is 21.2 Å². The predicted molar refractivity (Wildman–Crippen MR) is 87.7 cm³/mol. The Bertz CT molecular complexity index is 740. The number of carbonyl (C=O) groups is 1. The molecule has 0 aliphatic carbocycles. The van der Waals surface area contributed by atoms with E-state index in [1.165, 1.54) is 16.6 Å². The van der Waals surface area contributed by atoms with Crippen LogP contribution in [0.2, 0.25) is 0 Å². The second kappa shape index (κ2) is 6.76. The lowest BCUT2D eigenvalue weighted by atomic mass is 10.1. The van der Waals surface area contributed by atoms with E-state index in [1.54, 1.807) is 11.3 Å². The van der Waals surface area contributed by atoms with Crippen LogP contribution in [0.15, 0.2) is 53.0 Å². The Morgan fingerprint density at radius 2 is 2.09 bits per heavy atom. The second-order valence-electron chi connectivity index (χ2n) is 4.63. The molecule has 3 aromatic rings. The van der Waals surface area contributed by atoms with Gasteiger partial charge in [-0.05, 0) is 17.0 Å². The molecule has 1 unspecified atom stereocenters. The van der Waals surface area contributed by atoms with E-state index in [1.807, 2.05) is 41.8 Å². The number of aromatic amines is 1. The maximum absolute atomic E-state index is 11.7. The van der Waals surface area contributed by atoms with Crippen molar-refractivity contribution >= 4 is 29.0 Å². The zero-order chi connectivity index (χ0) is 15.4. The van der Waals surface area contributed by atoms with Gasteiger partial charge in [0.1, 0.15) is 11.1 Å². The molecular formula is C15H14N4OS2. The standard InChI is InChI=1S/C15H14N4OS2/c16-14(20)13(10-5-2-1-3-6-10)22-15-17-12(18-19-15)9-11-7-4-8-21-11/h1-8,13H,9H2,(H2,16,20)(H,17,18,19). The number of thioether (sulfide) groups is 1. The number of amides is 1. The van der Waals surface area contributed by atoms with E-state index in [4.69, 9.17) is 5.73 Å². The zero-order valence-corrected chi connectivity index (χ0v) is 13.2. The Balaban J connectivity index is 1.74. The number of benzene rings is 1. The van der Waals surface area contributed by atoms with Crippen molar-refractivity contribution in [1.82, 2.24) is 15.2 Å². The fraction of sp³-hybridized carbons (Fsp3) is 0.133. The summed E-state index contributed by atoms with van der Waals surface area (Å²) in [6, 6.07) is 13.5. The maximum Gasteiger partial charge on any atom is 0.235 e. The zero-order valence-electron chi connectivity index (χ0n) is 11.6. The van der Waals surface area contributed by atoms with Crippen LogP contribution in [0, 0.1) is 0 Å². The van der Waals surface area contributed by atoms with Crippen LogP contribution in [0.3, 0.4) is 0 Å². The van der Waals surface area contributed by atoms with Crippen LogP contribution >= 0.6 is 23.1 Å². The number of nitrogens with two attached hydrogens (primary N) is 1. The Labute approximate surface area is 136 Å². The number of hydrogen-bond acceptors (Lipinski definition) is 5. The molecule has 3 N–H and O–H groups in total. The number of carbonyl (C=O) groups excluding carboxylic acids is 1. The molecule has 0 saturated heterocycles. The monoisotopic (exact) mass is 330 g/mol. The summed E-state index contributed by atoms with van der Waals surface area (Å²) in [7, 11) is 0. The molecular weight excluding hydrogens is 316 g/mol. The molecule has 0 saturated carbocycles. The van der Waals surface area contributed by atoms with Crippen molar-refractivity contribution in [2.45, 2.75) is 16.8 Å². The first-order valence-electron chi connectivity index (χ1n) is 6.67. The predicted octanol–water partition coefficient (Wildman–Crippen LogP) is 2.78. The van der Waals surface area contributed by atoms with Gasteiger partial charge in [0.15, 0.2) is 0 Å². The van der Waals surface area contributed by atoms with E-state index < -0.39 is 11.2 Å². The first-order chi connectivity index (χ1) is 10.7. The highest BCUT2D eigenvalue weighted by molar-refractivity contribution is 8.00. The lowest BCUT2D eigenvalue weighted by Crippen LogP contribution is -2.19. The smallest absolute Gasteiger partial charge is 0.235 e. The van der Waals surface area contributed by atoms with Gasteiger partial charge in [-0.25, -0.2) is 4.98 Å². The molecule has 22 heavy (non-hydrogen) atoms. The lowest BCUT2D eigenvalue weighted by Gasteiger charge is -2.10. The summed E-state index contributed by atoms with van der Waals surface area (Å²) < 4.78 is 0. The minimum atomic E-state index is -0.494. The molecule has 1 amide bonds. The van der Waals surface area contributed by atoms with Crippen LogP contribution < -0.4 is 5.73 Å². The Hall–Kier alpha value is -2.12. The quantitative estimate of drug-likeness (QED) is 0.681. The fourth-order valence-electron chi connectivity index (χ4n) is 2.01. The van der Waals surface area contributed by atoms with Crippen molar-refractivity contribution in [3.63, 3.8) is 0 Å². The van der Waals surface area contributed by atoms with E-state index in [9.17, 15) is 4.79 Å². The van der Waals surface area contributed by atoms with Gasteiger partial charge in [0.25, 0.3) is 0 Å². The van der Waals surface area contributed by atoms with Crippen LogP contribution in [0.4, 0.5) is 0 Å². The highest BCUT2D eigenvalue weighted by Gasteiger charge is 2.21. The molecule has 1 atom stereocenters. The largest absolute Gasteiger partial charge is 0.368 e. The van der Waals surface area contributed by atoms with Crippen molar-refractivity contribution in [2.75, 3.05) is 0 Å². The number of nitrogens with zero attached hydrogens (tertiary/aromatic N) is 2. The second-order valence-corrected chi connectivity index (χ2v) is 6.74. The summed E-state index contributed by atoms with van der Waals surface area (Å²) in [4.78, 5) is 17.3. The summed E-state index contributed by atoms with van der Waals surface area (Å²) in [5.74, 6) is 0.377. The molecule has 3 rings (SSSR count). The van der Waals surface area contributed by atoms with Crippen molar-refractivity contribution in [2.24, 2.45) is 5.73 Å². The number of rotatable bonds is 6.